The average molecular weight is 568 g/mol. The number of hydrogen-bond acceptors (Lipinski definition) is 5. The van der Waals surface area contributed by atoms with Crippen LogP contribution in [0.3, 0.4) is 0 Å². The Kier molecular flexibility index (Phi) is 9.95. The third-order valence-electron chi connectivity index (χ3n) is 7.31. The van der Waals surface area contributed by atoms with Crippen LogP contribution >= 0.6 is 0 Å². The molecule has 1 aliphatic carbocycles. The molecule has 4 rings (SSSR count). The summed E-state index contributed by atoms with van der Waals surface area (Å²) in [4.78, 5) is 15.0. The molecule has 1 aliphatic rings. The molecule has 1 fully saturated rings. The van der Waals surface area contributed by atoms with Gasteiger partial charge in [0.05, 0.1) is 10.9 Å². The topological polar surface area (TPSA) is 87.7 Å². The zero-order chi connectivity index (χ0) is 28.7. The van der Waals surface area contributed by atoms with Gasteiger partial charge in [-0.1, -0.05) is 36.4 Å². The molecule has 3 aromatic carbocycles. The summed E-state index contributed by atoms with van der Waals surface area (Å²) in [6.45, 7) is 3.31. The Bertz CT molecular complexity index is 1350. The fraction of sp³-hybridized carbons (Fsp3) is 0.387. The number of ether oxygens (including phenoxy) is 1. The fourth-order valence-electron chi connectivity index (χ4n) is 4.84. The van der Waals surface area contributed by atoms with E-state index in [1.807, 2.05) is 45.3 Å². The number of nitrogens with zero attached hydrogens (tertiary/aromatic N) is 1. The van der Waals surface area contributed by atoms with Crippen molar-refractivity contribution in [2.24, 2.45) is 5.92 Å². The van der Waals surface area contributed by atoms with Crippen molar-refractivity contribution in [3.63, 3.8) is 0 Å². The Balaban J connectivity index is 1.27. The predicted molar refractivity (Wildman–Crippen MR) is 155 cm³/mol. The fourth-order valence-corrected chi connectivity index (χ4v) is 6.15. The number of hydrogen-bond donors (Lipinski definition) is 2. The van der Waals surface area contributed by atoms with Gasteiger partial charge < -0.3 is 15.0 Å². The lowest BCUT2D eigenvalue weighted by Gasteiger charge is -2.29. The number of carbonyl (C=O) groups excluding carboxylic acids is 1. The van der Waals surface area contributed by atoms with E-state index in [0.717, 1.165) is 29.0 Å². The van der Waals surface area contributed by atoms with Gasteiger partial charge in [0.15, 0.2) is 0 Å². The smallest absolute Gasteiger partial charge is 0.240 e. The van der Waals surface area contributed by atoms with E-state index in [1.165, 1.54) is 12.1 Å². The van der Waals surface area contributed by atoms with E-state index < -0.39 is 10.0 Å². The Hall–Kier alpha value is -3.27. The second kappa shape index (κ2) is 13.4. The number of halogens is 1. The number of nitrogens with one attached hydrogen (secondary N) is 2. The maximum atomic E-state index is 13.2. The first kappa shape index (κ1) is 29.7. The molecule has 7 nitrogen and oxygen atoms in total. The van der Waals surface area contributed by atoms with Gasteiger partial charge in [-0.3, -0.25) is 4.79 Å². The van der Waals surface area contributed by atoms with Crippen LogP contribution in [0.5, 0.6) is 5.75 Å². The van der Waals surface area contributed by atoms with E-state index in [1.54, 1.807) is 36.4 Å². The summed E-state index contributed by atoms with van der Waals surface area (Å²) in [5.41, 5.74) is 2.73. The van der Waals surface area contributed by atoms with Gasteiger partial charge in [0.1, 0.15) is 18.2 Å². The molecule has 2 N–H and O–H groups in total. The molecule has 1 atom stereocenters. The molecular formula is C31H38FN3O4S. The third kappa shape index (κ3) is 8.13. The quantitative estimate of drug-likeness (QED) is 0.335. The molecule has 214 valence electrons. The van der Waals surface area contributed by atoms with Crippen molar-refractivity contribution in [3.05, 3.63) is 84.2 Å². The van der Waals surface area contributed by atoms with Crippen LogP contribution in [-0.4, -0.2) is 52.5 Å². The number of sulfonamides is 1. The first-order chi connectivity index (χ1) is 19.1. The molecule has 1 saturated carbocycles. The SMILES string of the molecule is C[C@@H](NC(=O)[C@H]1CC[C@H](NS(=O)(=O)c2ccc(-c3ccc(OCCN(C)C)cc3)cc2)CC1)c1ccc(F)cc1. The molecule has 0 aromatic heterocycles. The number of benzene rings is 3. The highest BCUT2D eigenvalue weighted by Crippen LogP contribution is 2.28. The van der Waals surface area contributed by atoms with E-state index >= 15 is 0 Å². The Morgan fingerprint density at radius 3 is 2.08 bits per heavy atom. The van der Waals surface area contributed by atoms with Crippen LogP contribution in [0, 0.1) is 11.7 Å². The first-order valence-corrected chi connectivity index (χ1v) is 15.2. The summed E-state index contributed by atoms with van der Waals surface area (Å²) in [6.07, 6.45) is 2.37. The molecule has 3 aromatic rings. The predicted octanol–water partition coefficient (Wildman–Crippen LogP) is 5.15. The molecule has 0 radical (unpaired) electrons. The molecule has 0 heterocycles. The van der Waals surface area contributed by atoms with Crippen LogP contribution in [0.25, 0.3) is 11.1 Å². The highest BCUT2D eigenvalue weighted by Gasteiger charge is 2.29. The van der Waals surface area contributed by atoms with Crippen molar-refractivity contribution >= 4 is 15.9 Å². The molecule has 9 heteroatoms. The summed E-state index contributed by atoms with van der Waals surface area (Å²) < 4.78 is 47.8. The number of amides is 1. The van der Waals surface area contributed by atoms with Gasteiger partial charge in [-0.2, -0.15) is 0 Å². The second-order valence-electron chi connectivity index (χ2n) is 10.7. The zero-order valence-corrected chi connectivity index (χ0v) is 24.1. The number of likely N-dealkylation sites (N-methyl/N-ethyl adjacent to an activating group) is 1. The van der Waals surface area contributed by atoms with Crippen LogP contribution in [0.15, 0.2) is 77.7 Å². The van der Waals surface area contributed by atoms with Crippen molar-refractivity contribution in [1.82, 2.24) is 14.9 Å². The van der Waals surface area contributed by atoms with E-state index in [0.29, 0.717) is 32.3 Å². The van der Waals surface area contributed by atoms with Crippen LogP contribution in [0.1, 0.15) is 44.2 Å². The lowest BCUT2D eigenvalue weighted by atomic mass is 9.85. The van der Waals surface area contributed by atoms with Gasteiger partial charge in [0.25, 0.3) is 0 Å². The number of carbonyl (C=O) groups is 1. The molecule has 0 aliphatic heterocycles. The van der Waals surface area contributed by atoms with Gasteiger partial charge in [-0.25, -0.2) is 17.5 Å². The Labute approximate surface area is 236 Å². The maximum absolute atomic E-state index is 13.2. The molecule has 1 amide bonds. The monoisotopic (exact) mass is 567 g/mol. The summed E-state index contributed by atoms with van der Waals surface area (Å²) >= 11 is 0. The van der Waals surface area contributed by atoms with E-state index in [4.69, 9.17) is 4.74 Å². The van der Waals surface area contributed by atoms with Gasteiger partial charge in [-0.05, 0) is 99.8 Å². The highest BCUT2D eigenvalue weighted by atomic mass is 32.2. The lowest BCUT2D eigenvalue weighted by molar-refractivity contribution is -0.126. The zero-order valence-electron chi connectivity index (χ0n) is 23.3. The van der Waals surface area contributed by atoms with E-state index in [-0.39, 0.29) is 34.6 Å². The molecule has 0 spiro atoms. The van der Waals surface area contributed by atoms with Crippen LogP contribution in [-0.2, 0) is 14.8 Å². The molecule has 0 bridgehead atoms. The molecule has 40 heavy (non-hydrogen) atoms. The van der Waals surface area contributed by atoms with Crippen LogP contribution in [0.4, 0.5) is 4.39 Å². The van der Waals surface area contributed by atoms with Gasteiger partial charge in [0.2, 0.25) is 15.9 Å². The van der Waals surface area contributed by atoms with Crippen molar-refractivity contribution in [3.8, 4) is 16.9 Å². The third-order valence-corrected chi connectivity index (χ3v) is 8.84. The van der Waals surface area contributed by atoms with Crippen molar-refractivity contribution in [1.29, 1.82) is 0 Å². The minimum absolute atomic E-state index is 0.0538. The van der Waals surface area contributed by atoms with Gasteiger partial charge in [0, 0.05) is 18.5 Å². The summed E-state index contributed by atoms with van der Waals surface area (Å²) in [6, 6.07) is 20.2. The molecular weight excluding hydrogens is 529 g/mol. The Morgan fingerprint density at radius 1 is 0.925 bits per heavy atom. The molecule has 0 unspecified atom stereocenters. The van der Waals surface area contributed by atoms with Gasteiger partial charge >= 0.3 is 0 Å². The lowest BCUT2D eigenvalue weighted by Crippen LogP contribution is -2.41. The summed E-state index contributed by atoms with van der Waals surface area (Å²) in [7, 11) is 0.312. The summed E-state index contributed by atoms with van der Waals surface area (Å²) in [5, 5.41) is 3.00. The van der Waals surface area contributed by atoms with Crippen molar-refractivity contribution in [2.75, 3.05) is 27.2 Å². The Morgan fingerprint density at radius 2 is 1.50 bits per heavy atom. The minimum Gasteiger partial charge on any atom is -0.492 e. The van der Waals surface area contributed by atoms with Crippen molar-refractivity contribution < 1.29 is 22.3 Å². The summed E-state index contributed by atoms with van der Waals surface area (Å²) in [5.74, 6) is 0.254. The number of rotatable bonds is 11. The van der Waals surface area contributed by atoms with Gasteiger partial charge in [-0.15, -0.1) is 0 Å². The minimum atomic E-state index is -3.68. The van der Waals surface area contributed by atoms with Crippen LogP contribution in [0.2, 0.25) is 0 Å². The average Bonchev–Trinajstić information content (AvgIpc) is 2.94. The first-order valence-electron chi connectivity index (χ1n) is 13.7. The van der Waals surface area contributed by atoms with E-state index in [2.05, 4.69) is 14.9 Å². The largest absolute Gasteiger partial charge is 0.492 e. The molecule has 0 saturated heterocycles. The van der Waals surface area contributed by atoms with Crippen molar-refractivity contribution in [2.45, 2.75) is 49.6 Å². The normalized spacial score (nSPS) is 18.3. The van der Waals surface area contributed by atoms with E-state index in [9.17, 15) is 17.6 Å². The van der Waals surface area contributed by atoms with Crippen LogP contribution < -0.4 is 14.8 Å². The highest BCUT2D eigenvalue weighted by molar-refractivity contribution is 7.89. The standard InChI is InChI=1S/C31H38FN3O4S/c1-22(23-4-12-27(32)13-5-23)33-31(36)26-6-14-28(15-7-26)34-40(37,38)30-18-10-25(11-19-30)24-8-16-29(17-9-24)39-21-20-35(2)3/h4-5,8-13,16-19,22,26,28,34H,6-7,14-15,20-21H2,1-3H3,(H,33,36)/t22-,26-,28-/m1/s1. The maximum Gasteiger partial charge on any atom is 0.240 e. The second-order valence-corrected chi connectivity index (χ2v) is 12.4.